The third-order valence-corrected chi connectivity index (χ3v) is 12.3. The van der Waals surface area contributed by atoms with E-state index in [1.807, 2.05) is 6.08 Å². The van der Waals surface area contributed by atoms with Crippen molar-refractivity contribution >= 4 is 40.6 Å². The van der Waals surface area contributed by atoms with Crippen molar-refractivity contribution in [2.75, 3.05) is 19.0 Å². The summed E-state index contributed by atoms with van der Waals surface area (Å²) < 4.78 is 11.8. The van der Waals surface area contributed by atoms with Gasteiger partial charge in [0.15, 0.2) is 0 Å². The van der Waals surface area contributed by atoms with Crippen molar-refractivity contribution in [3.8, 4) is 0 Å². The van der Waals surface area contributed by atoms with Crippen LogP contribution in [-0.4, -0.2) is 33.3 Å². The molecule has 2 aromatic rings. The summed E-state index contributed by atoms with van der Waals surface area (Å²) in [5.41, 5.74) is 3.36. The molecule has 0 aliphatic rings. The van der Waals surface area contributed by atoms with E-state index >= 15 is 0 Å². The number of carbonyl (C=O) groups is 1. The minimum atomic E-state index is -2.50. The predicted octanol–water partition coefficient (Wildman–Crippen LogP) is 7.51. The number of alkyl halides is 1. The Balaban J connectivity index is 2.05. The van der Waals surface area contributed by atoms with Gasteiger partial charge in [-0.3, -0.25) is 0 Å². The second kappa shape index (κ2) is 15.3. The number of ether oxygens (including phenoxy) is 1. The zero-order chi connectivity index (χ0) is 27.3. The van der Waals surface area contributed by atoms with Crippen LogP contribution >= 0.6 is 15.9 Å². The first-order chi connectivity index (χ1) is 17.7. The zero-order valence-corrected chi connectivity index (χ0v) is 25.9. The van der Waals surface area contributed by atoms with Crippen molar-refractivity contribution in [3.63, 3.8) is 0 Å². The Labute approximate surface area is 233 Å². The molecule has 3 nitrogen and oxygen atoms in total. The molecule has 5 heteroatoms. The van der Waals surface area contributed by atoms with Gasteiger partial charge in [0.25, 0.3) is 8.32 Å². The summed E-state index contributed by atoms with van der Waals surface area (Å²) in [6.07, 6.45) is 10.3. The molecular weight excluding hydrogens is 540 g/mol. The number of allylic oxidation sites excluding steroid dienone is 4. The van der Waals surface area contributed by atoms with Crippen molar-refractivity contribution in [3.05, 3.63) is 95.6 Å². The summed E-state index contributed by atoms with van der Waals surface area (Å²) >= 11 is 3.35. The number of halogens is 1. The first kappa shape index (κ1) is 31.0. The molecule has 0 spiro atoms. The molecule has 0 N–H and O–H groups in total. The molecule has 200 valence electrons. The standard InChI is InChI=1S/C32H43BrO3Si/c1-26(17-14-18-28(25-33)31(34)35-6)15-13-16-27(2)23-24-36-37(32(3,4)5,29-19-9-7-10-20-29)30-21-11-8-12-22-30/h7-12,15,18-23H,13-14,16-17,24-25H2,1-6H3/b26-15+,27-23+,28-18+. The topological polar surface area (TPSA) is 35.5 Å². The van der Waals surface area contributed by atoms with E-state index in [2.05, 4.69) is 123 Å². The molecule has 0 fully saturated rings. The van der Waals surface area contributed by atoms with Gasteiger partial charge in [0.1, 0.15) is 0 Å². The molecule has 0 aliphatic heterocycles. The normalized spacial score (nSPS) is 13.5. The van der Waals surface area contributed by atoms with Crippen LogP contribution in [0.3, 0.4) is 0 Å². The number of benzene rings is 2. The third kappa shape index (κ3) is 8.94. The van der Waals surface area contributed by atoms with E-state index in [9.17, 15) is 4.79 Å². The van der Waals surface area contributed by atoms with Crippen LogP contribution in [-0.2, 0) is 14.0 Å². The fourth-order valence-corrected chi connectivity index (χ4v) is 9.57. The van der Waals surface area contributed by atoms with Crippen LogP contribution in [0.2, 0.25) is 5.04 Å². The minimum absolute atomic E-state index is 0.0195. The quantitative estimate of drug-likeness (QED) is 0.0805. The second-order valence-corrected chi connectivity index (χ2v) is 15.4. The van der Waals surface area contributed by atoms with Crippen molar-refractivity contribution < 1.29 is 14.0 Å². The molecule has 0 amide bonds. The number of methoxy groups -OCH3 is 1. The Kier molecular flexibility index (Phi) is 12.8. The smallest absolute Gasteiger partial charge is 0.334 e. The maximum absolute atomic E-state index is 11.7. The number of rotatable bonds is 13. The molecule has 37 heavy (non-hydrogen) atoms. The molecule has 2 aromatic carbocycles. The molecule has 0 unspecified atom stereocenters. The second-order valence-electron chi connectivity index (χ2n) is 10.5. The van der Waals surface area contributed by atoms with E-state index in [4.69, 9.17) is 9.16 Å². The lowest BCUT2D eigenvalue weighted by Gasteiger charge is -2.42. The molecule has 2 rings (SSSR count). The van der Waals surface area contributed by atoms with E-state index in [0.717, 1.165) is 25.7 Å². The van der Waals surface area contributed by atoms with Crippen molar-refractivity contribution in [2.24, 2.45) is 0 Å². The zero-order valence-electron chi connectivity index (χ0n) is 23.4. The number of esters is 1. The van der Waals surface area contributed by atoms with Crippen LogP contribution in [0.15, 0.2) is 95.6 Å². The van der Waals surface area contributed by atoms with Gasteiger partial charge in [-0.2, -0.15) is 0 Å². The Hall–Kier alpha value is -2.21. The maximum atomic E-state index is 11.7. The molecule has 0 aliphatic carbocycles. The van der Waals surface area contributed by atoms with Gasteiger partial charge in [-0.15, -0.1) is 0 Å². The van der Waals surface area contributed by atoms with Crippen LogP contribution in [0, 0.1) is 0 Å². The Bertz CT molecular complexity index is 1030. The number of hydrogen-bond donors (Lipinski definition) is 0. The Morgan fingerprint density at radius 1 is 0.838 bits per heavy atom. The molecule has 0 heterocycles. The van der Waals surface area contributed by atoms with Crippen molar-refractivity contribution in [1.82, 2.24) is 0 Å². The van der Waals surface area contributed by atoms with Gasteiger partial charge in [-0.1, -0.05) is 127 Å². The third-order valence-electron chi connectivity index (χ3n) is 6.70. The first-order valence-corrected chi connectivity index (χ1v) is 16.1. The van der Waals surface area contributed by atoms with Gasteiger partial charge < -0.3 is 9.16 Å². The van der Waals surface area contributed by atoms with Gasteiger partial charge in [0.05, 0.1) is 13.7 Å². The molecule has 0 saturated heterocycles. The highest BCUT2D eigenvalue weighted by molar-refractivity contribution is 9.09. The largest absolute Gasteiger partial charge is 0.466 e. The highest BCUT2D eigenvalue weighted by atomic mass is 79.9. The summed E-state index contributed by atoms with van der Waals surface area (Å²) in [6, 6.07) is 21.6. The van der Waals surface area contributed by atoms with Gasteiger partial charge in [0, 0.05) is 10.9 Å². The highest BCUT2D eigenvalue weighted by Gasteiger charge is 2.49. The Morgan fingerprint density at radius 3 is 1.78 bits per heavy atom. The summed E-state index contributed by atoms with van der Waals surface area (Å²) in [5.74, 6) is -0.264. The van der Waals surface area contributed by atoms with E-state index in [-0.39, 0.29) is 11.0 Å². The number of carbonyl (C=O) groups excluding carboxylic acids is 1. The van der Waals surface area contributed by atoms with Gasteiger partial charge in [0.2, 0.25) is 0 Å². The van der Waals surface area contributed by atoms with E-state index < -0.39 is 8.32 Å². The molecular formula is C32H43BrO3Si. The van der Waals surface area contributed by atoms with Crippen LogP contribution in [0.4, 0.5) is 0 Å². The predicted molar refractivity (Wildman–Crippen MR) is 163 cm³/mol. The lowest BCUT2D eigenvalue weighted by molar-refractivity contribution is -0.135. The average Bonchev–Trinajstić information content (AvgIpc) is 2.89. The fraction of sp³-hybridized carbons (Fsp3) is 0.406. The van der Waals surface area contributed by atoms with Crippen LogP contribution in [0.5, 0.6) is 0 Å². The fourth-order valence-electron chi connectivity index (χ4n) is 4.62. The van der Waals surface area contributed by atoms with E-state index in [1.54, 1.807) is 0 Å². The summed E-state index contributed by atoms with van der Waals surface area (Å²) in [7, 11) is -1.09. The monoisotopic (exact) mass is 582 g/mol. The SMILES string of the molecule is COC(=O)/C(=C/CC/C(C)=C/CC/C(C)=C/CO[Si](c1ccccc1)(c1ccccc1)C(C)(C)C)CBr. The summed E-state index contributed by atoms with van der Waals surface area (Å²) in [5, 5.41) is 3.11. The average molecular weight is 584 g/mol. The summed E-state index contributed by atoms with van der Waals surface area (Å²) in [4.78, 5) is 11.7. The van der Waals surface area contributed by atoms with Crippen LogP contribution in [0.1, 0.15) is 60.3 Å². The van der Waals surface area contributed by atoms with Crippen molar-refractivity contribution in [1.29, 1.82) is 0 Å². The van der Waals surface area contributed by atoms with Crippen molar-refractivity contribution in [2.45, 2.75) is 65.3 Å². The Morgan fingerprint density at radius 2 is 1.32 bits per heavy atom. The number of hydrogen-bond acceptors (Lipinski definition) is 3. The molecule has 0 aromatic heterocycles. The maximum Gasteiger partial charge on any atom is 0.334 e. The lowest BCUT2D eigenvalue weighted by Crippen LogP contribution is -2.66. The first-order valence-electron chi connectivity index (χ1n) is 13.0. The highest BCUT2D eigenvalue weighted by Crippen LogP contribution is 2.36. The van der Waals surface area contributed by atoms with Crippen LogP contribution < -0.4 is 10.4 Å². The van der Waals surface area contributed by atoms with Gasteiger partial charge in [-0.25, -0.2) is 4.79 Å². The molecule has 0 bridgehead atoms. The van der Waals surface area contributed by atoms with Gasteiger partial charge in [-0.05, 0) is 54.9 Å². The molecule has 0 saturated carbocycles. The van der Waals surface area contributed by atoms with Gasteiger partial charge >= 0.3 is 5.97 Å². The molecule has 0 atom stereocenters. The minimum Gasteiger partial charge on any atom is -0.466 e. The lowest BCUT2D eigenvalue weighted by atomic mass is 10.1. The summed E-state index contributed by atoms with van der Waals surface area (Å²) in [6.45, 7) is 11.9. The van der Waals surface area contributed by atoms with E-state index in [1.165, 1.54) is 28.6 Å². The van der Waals surface area contributed by atoms with E-state index in [0.29, 0.717) is 17.5 Å². The van der Waals surface area contributed by atoms with Crippen LogP contribution in [0.25, 0.3) is 0 Å². The molecule has 0 radical (unpaired) electrons.